The van der Waals surface area contributed by atoms with Gasteiger partial charge in [0.05, 0.1) is 12.0 Å². The van der Waals surface area contributed by atoms with Crippen LogP contribution in [-0.2, 0) is 11.2 Å². The molecule has 1 aliphatic rings. The maximum Gasteiger partial charge on any atom is 0.305 e. The van der Waals surface area contributed by atoms with Crippen molar-refractivity contribution in [3.63, 3.8) is 0 Å². The van der Waals surface area contributed by atoms with Crippen molar-refractivity contribution in [3.8, 4) is 0 Å². The first-order valence-electron chi connectivity index (χ1n) is 7.15. The lowest BCUT2D eigenvalue weighted by Gasteiger charge is -2.28. The van der Waals surface area contributed by atoms with Crippen LogP contribution in [0.4, 0.5) is 0 Å². The lowest BCUT2D eigenvalue weighted by atomic mass is 9.92. The number of aliphatic carboxylic acids is 1. The molecule has 0 aromatic carbocycles. The summed E-state index contributed by atoms with van der Waals surface area (Å²) in [5, 5.41) is 12.3. The molecule has 0 unspecified atom stereocenters. The molecule has 1 aromatic heterocycles. The normalized spacial score (nSPS) is 16.7. The van der Waals surface area contributed by atoms with Crippen molar-refractivity contribution in [1.29, 1.82) is 0 Å². The molecule has 2 N–H and O–H groups in total. The topological polar surface area (TPSA) is 79.3 Å². The Bertz CT molecular complexity index is 554. The van der Waals surface area contributed by atoms with Gasteiger partial charge in [-0.05, 0) is 31.4 Å². The molecule has 5 nitrogen and oxygen atoms in total. The second-order valence-electron chi connectivity index (χ2n) is 5.54. The molecule has 1 fully saturated rings. The number of rotatable bonds is 5. The van der Waals surface area contributed by atoms with Crippen molar-refractivity contribution >= 4 is 23.5 Å². The molecule has 0 saturated heterocycles. The molecular weight excluding hydrogens is 292 g/mol. The van der Waals surface area contributed by atoms with Crippen LogP contribution in [0.2, 0.25) is 5.15 Å². The maximum absolute atomic E-state index is 12.4. The number of hydrogen-bond acceptors (Lipinski definition) is 3. The Labute approximate surface area is 128 Å². The summed E-state index contributed by atoms with van der Waals surface area (Å²) in [6.07, 6.45) is 3.91. The molecule has 0 bridgehead atoms. The van der Waals surface area contributed by atoms with E-state index in [-0.39, 0.29) is 17.5 Å². The lowest BCUT2D eigenvalue weighted by Crippen LogP contribution is -2.47. The summed E-state index contributed by atoms with van der Waals surface area (Å²) >= 11 is 5.92. The number of hydrogen-bond donors (Lipinski definition) is 2. The Kier molecular flexibility index (Phi) is 4.83. The molecule has 1 amide bonds. The van der Waals surface area contributed by atoms with Crippen LogP contribution in [0.15, 0.2) is 12.1 Å². The minimum atomic E-state index is -0.890. The highest BCUT2D eigenvalue weighted by Crippen LogP contribution is 2.33. The summed E-state index contributed by atoms with van der Waals surface area (Å²) < 4.78 is 0. The number of carboxylic acid groups (broad SMARTS) is 1. The third-order valence-corrected chi connectivity index (χ3v) is 4.09. The molecule has 2 rings (SSSR count). The number of nitrogens with zero attached hydrogens (tertiary/aromatic N) is 1. The largest absolute Gasteiger partial charge is 0.481 e. The molecule has 6 heteroatoms. The Morgan fingerprint density at radius 1 is 1.38 bits per heavy atom. The van der Waals surface area contributed by atoms with Crippen LogP contribution < -0.4 is 5.32 Å². The number of pyridine rings is 1. The number of amides is 1. The van der Waals surface area contributed by atoms with Crippen molar-refractivity contribution in [1.82, 2.24) is 10.3 Å². The summed E-state index contributed by atoms with van der Waals surface area (Å²) in [7, 11) is 0. The predicted octanol–water partition coefficient (Wildman–Crippen LogP) is 2.81. The van der Waals surface area contributed by atoms with Gasteiger partial charge in [-0.2, -0.15) is 0 Å². The van der Waals surface area contributed by atoms with E-state index in [2.05, 4.69) is 10.3 Å². The number of nitrogens with one attached hydrogen (secondary N) is 1. The van der Waals surface area contributed by atoms with Crippen LogP contribution in [0.5, 0.6) is 0 Å². The quantitative estimate of drug-likeness (QED) is 0.820. The smallest absolute Gasteiger partial charge is 0.305 e. The molecule has 1 saturated carbocycles. The Morgan fingerprint density at radius 3 is 2.62 bits per heavy atom. The van der Waals surface area contributed by atoms with E-state index in [1.54, 1.807) is 6.07 Å². The molecule has 0 aliphatic heterocycles. The zero-order chi connectivity index (χ0) is 15.5. The van der Waals surface area contributed by atoms with Gasteiger partial charge in [0.25, 0.3) is 5.91 Å². The van der Waals surface area contributed by atoms with E-state index in [1.165, 1.54) is 6.07 Å². The minimum absolute atomic E-state index is 0.0435. The molecule has 1 heterocycles. The summed E-state index contributed by atoms with van der Waals surface area (Å²) in [6.45, 7) is 1.93. The Balaban J connectivity index is 2.19. The fourth-order valence-corrected chi connectivity index (χ4v) is 3.09. The fraction of sp³-hybridized carbons (Fsp3) is 0.533. The highest BCUT2D eigenvalue weighted by molar-refractivity contribution is 6.29. The SMILES string of the molecule is CCc1cc(C(=O)NC2(CC(=O)O)CCCC2)cc(Cl)n1. The zero-order valence-corrected chi connectivity index (χ0v) is 12.7. The monoisotopic (exact) mass is 310 g/mol. The first-order valence-corrected chi connectivity index (χ1v) is 7.53. The van der Waals surface area contributed by atoms with Gasteiger partial charge in [0, 0.05) is 11.3 Å². The Hall–Kier alpha value is -1.62. The van der Waals surface area contributed by atoms with Crippen LogP contribution >= 0.6 is 11.6 Å². The van der Waals surface area contributed by atoms with Crippen LogP contribution in [0.25, 0.3) is 0 Å². The van der Waals surface area contributed by atoms with Gasteiger partial charge in [-0.1, -0.05) is 31.4 Å². The summed E-state index contributed by atoms with van der Waals surface area (Å²) in [5.74, 6) is -1.17. The van der Waals surface area contributed by atoms with Gasteiger partial charge in [0.2, 0.25) is 0 Å². The number of carbonyl (C=O) groups excluding carboxylic acids is 1. The van der Waals surface area contributed by atoms with Crippen molar-refractivity contribution in [2.24, 2.45) is 0 Å². The average molecular weight is 311 g/mol. The van der Waals surface area contributed by atoms with E-state index in [9.17, 15) is 9.59 Å². The minimum Gasteiger partial charge on any atom is -0.481 e. The van der Waals surface area contributed by atoms with Crippen LogP contribution in [-0.4, -0.2) is 27.5 Å². The molecule has 114 valence electrons. The van der Waals surface area contributed by atoms with E-state index >= 15 is 0 Å². The second-order valence-corrected chi connectivity index (χ2v) is 5.92. The average Bonchev–Trinajstić information content (AvgIpc) is 2.85. The van der Waals surface area contributed by atoms with Gasteiger partial charge in [-0.3, -0.25) is 9.59 Å². The van der Waals surface area contributed by atoms with Gasteiger partial charge in [-0.25, -0.2) is 4.98 Å². The van der Waals surface area contributed by atoms with Gasteiger partial charge in [0.1, 0.15) is 5.15 Å². The van der Waals surface area contributed by atoms with Crippen molar-refractivity contribution in [3.05, 3.63) is 28.5 Å². The van der Waals surface area contributed by atoms with Crippen LogP contribution in [0.1, 0.15) is 55.1 Å². The lowest BCUT2D eigenvalue weighted by molar-refractivity contribution is -0.138. The van der Waals surface area contributed by atoms with Gasteiger partial charge >= 0.3 is 5.97 Å². The van der Waals surface area contributed by atoms with E-state index in [4.69, 9.17) is 16.7 Å². The number of halogens is 1. The number of carboxylic acids is 1. The molecule has 1 aromatic rings. The van der Waals surface area contributed by atoms with Crippen molar-refractivity contribution < 1.29 is 14.7 Å². The summed E-state index contributed by atoms with van der Waals surface area (Å²) in [4.78, 5) is 27.6. The second kappa shape index (κ2) is 6.43. The summed E-state index contributed by atoms with van der Waals surface area (Å²) in [6, 6.07) is 3.21. The Morgan fingerprint density at radius 2 is 2.05 bits per heavy atom. The first kappa shape index (κ1) is 15.8. The van der Waals surface area contributed by atoms with Gasteiger partial charge in [-0.15, -0.1) is 0 Å². The molecule has 21 heavy (non-hydrogen) atoms. The molecule has 1 aliphatic carbocycles. The first-order chi connectivity index (χ1) is 9.94. The number of aryl methyl sites for hydroxylation is 1. The van der Waals surface area contributed by atoms with Crippen LogP contribution in [0.3, 0.4) is 0 Å². The highest BCUT2D eigenvalue weighted by Gasteiger charge is 2.37. The standard InChI is InChI=1S/C15H19ClN2O3/c1-2-11-7-10(8-12(16)17-11)14(21)18-15(9-13(19)20)5-3-4-6-15/h7-8H,2-6,9H2,1H3,(H,18,21)(H,19,20). The maximum atomic E-state index is 12.4. The number of aromatic nitrogens is 1. The van der Waals surface area contributed by atoms with E-state index < -0.39 is 11.5 Å². The van der Waals surface area contributed by atoms with E-state index in [1.807, 2.05) is 6.92 Å². The van der Waals surface area contributed by atoms with Crippen molar-refractivity contribution in [2.45, 2.75) is 51.0 Å². The van der Waals surface area contributed by atoms with Crippen molar-refractivity contribution in [2.75, 3.05) is 0 Å². The van der Waals surface area contributed by atoms with Gasteiger partial charge < -0.3 is 10.4 Å². The highest BCUT2D eigenvalue weighted by atomic mass is 35.5. The van der Waals surface area contributed by atoms with E-state index in [0.29, 0.717) is 24.8 Å². The molecule has 0 spiro atoms. The molecule has 0 atom stereocenters. The molecular formula is C15H19ClN2O3. The summed E-state index contributed by atoms with van der Waals surface area (Å²) in [5.41, 5.74) is 0.542. The fourth-order valence-electron chi connectivity index (χ4n) is 2.86. The zero-order valence-electron chi connectivity index (χ0n) is 12.0. The van der Waals surface area contributed by atoms with Gasteiger partial charge in [0.15, 0.2) is 0 Å². The van der Waals surface area contributed by atoms with Crippen LogP contribution in [0, 0.1) is 0 Å². The molecule has 0 radical (unpaired) electrons. The van der Waals surface area contributed by atoms with E-state index in [0.717, 1.165) is 18.5 Å². The number of carbonyl (C=O) groups is 2. The third-order valence-electron chi connectivity index (χ3n) is 3.90. The predicted molar refractivity (Wildman–Crippen MR) is 79.5 cm³/mol. The third kappa shape index (κ3) is 3.94.